The summed E-state index contributed by atoms with van der Waals surface area (Å²) in [5.41, 5.74) is 6.87. The highest BCUT2D eigenvalue weighted by Crippen LogP contribution is 2.33. The Morgan fingerprint density at radius 2 is 2.50 bits per heavy atom. The zero-order chi connectivity index (χ0) is 12.4. The minimum Gasteiger partial charge on any atom is -0.338 e. The van der Waals surface area contributed by atoms with Crippen LogP contribution in [0, 0.1) is 0 Å². The predicted octanol–water partition coefficient (Wildman–Crippen LogP) is 1.93. The average Bonchev–Trinajstić information content (AvgIpc) is 3.09. The fourth-order valence-electron chi connectivity index (χ4n) is 2.48. The van der Waals surface area contributed by atoms with E-state index in [2.05, 4.69) is 31.9 Å². The van der Waals surface area contributed by atoms with Crippen LogP contribution >= 0.6 is 11.3 Å². The van der Waals surface area contributed by atoms with Gasteiger partial charge in [0.25, 0.3) is 0 Å². The standard InChI is InChI=1S/C12H16N4OS/c13-6-12-14-11(15-17-12)7-16-4-1-2-10(16)9-3-5-18-8-9/h3,5,8,10H,1-2,4,6-7,13H2. The van der Waals surface area contributed by atoms with E-state index in [-0.39, 0.29) is 0 Å². The Bertz CT molecular complexity index is 496. The van der Waals surface area contributed by atoms with Gasteiger partial charge in [0, 0.05) is 6.04 Å². The van der Waals surface area contributed by atoms with E-state index in [0.717, 1.165) is 18.9 Å². The van der Waals surface area contributed by atoms with Crippen molar-refractivity contribution in [2.45, 2.75) is 32.0 Å². The van der Waals surface area contributed by atoms with Crippen LogP contribution in [0.15, 0.2) is 21.3 Å². The molecule has 0 radical (unpaired) electrons. The maximum Gasteiger partial charge on any atom is 0.240 e. The van der Waals surface area contributed by atoms with Crippen molar-refractivity contribution in [2.24, 2.45) is 5.73 Å². The third-order valence-corrected chi connectivity index (χ3v) is 4.02. The highest BCUT2D eigenvalue weighted by atomic mass is 32.1. The van der Waals surface area contributed by atoms with Crippen LogP contribution in [-0.4, -0.2) is 21.6 Å². The van der Waals surface area contributed by atoms with Crippen LogP contribution in [0.1, 0.15) is 36.2 Å². The molecular weight excluding hydrogens is 248 g/mol. The Morgan fingerprint density at radius 1 is 1.56 bits per heavy atom. The Balaban J connectivity index is 1.71. The lowest BCUT2D eigenvalue weighted by atomic mass is 10.1. The zero-order valence-electron chi connectivity index (χ0n) is 10.1. The Morgan fingerprint density at radius 3 is 3.22 bits per heavy atom. The molecule has 1 saturated heterocycles. The van der Waals surface area contributed by atoms with E-state index in [4.69, 9.17) is 10.3 Å². The van der Waals surface area contributed by atoms with E-state index in [1.807, 2.05) is 0 Å². The van der Waals surface area contributed by atoms with Gasteiger partial charge in [-0.3, -0.25) is 4.90 Å². The smallest absolute Gasteiger partial charge is 0.240 e. The number of rotatable bonds is 4. The summed E-state index contributed by atoms with van der Waals surface area (Å²) in [6.07, 6.45) is 2.43. The first-order valence-corrected chi connectivity index (χ1v) is 7.09. The van der Waals surface area contributed by atoms with Crippen molar-refractivity contribution in [2.75, 3.05) is 6.54 Å². The number of thiophene rings is 1. The maximum atomic E-state index is 5.47. The monoisotopic (exact) mass is 264 g/mol. The topological polar surface area (TPSA) is 68.2 Å². The summed E-state index contributed by atoms with van der Waals surface area (Å²) in [5.74, 6) is 1.24. The van der Waals surface area contributed by atoms with E-state index in [0.29, 0.717) is 18.5 Å². The van der Waals surface area contributed by atoms with Gasteiger partial charge in [0.05, 0.1) is 13.1 Å². The largest absolute Gasteiger partial charge is 0.338 e. The molecule has 1 unspecified atom stereocenters. The van der Waals surface area contributed by atoms with Gasteiger partial charge in [-0.1, -0.05) is 5.16 Å². The summed E-state index contributed by atoms with van der Waals surface area (Å²) >= 11 is 1.75. The molecule has 2 aromatic rings. The lowest BCUT2D eigenvalue weighted by Gasteiger charge is -2.22. The Kier molecular flexibility index (Phi) is 3.40. The lowest BCUT2D eigenvalue weighted by molar-refractivity contribution is 0.238. The fourth-order valence-corrected chi connectivity index (χ4v) is 3.18. The van der Waals surface area contributed by atoms with Gasteiger partial charge in [0.15, 0.2) is 5.82 Å². The number of hydrogen-bond donors (Lipinski definition) is 1. The van der Waals surface area contributed by atoms with Crippen LogP contribution < -0.4 is 5.73 Å². The minimum absolute atomic E-state index is 0.307. The van der Waals surface area contributed by atoms with Crippen LogP contribution in [-0.2, 0) is 13.1 Å². The summed E-state index contributed by atoms with van der Waals surface area (Å²) in [6.45, 7) is 2.14. The van der Waals surface area contributed by atoms with E-state index >= 15 is 0 Å². The summed E-state index contributed by atoms with van der Waals surface area (Å²) in [6, 6.07) is 2.70. The number of nitrogens with zero attached hydrogens (tertiary/aromatic N) is 3. The third-order valence-electron chi connectivity index (χ3n) is 3.32. The van der Waals surface area contributed by atoms with Gasteiger partial charge in [0.2, 0.25) is 5.89 Å². The molecule has 3 rings (SSSR count). The molecule has 2 N–H and O–H groups in total. The Hall–Kier alpha value is -1.24. The van der Waals surface area contributed by atoms with Crippen molar-refractivity contribution in [3.8, 4) is 0 Å². The Labute approximate surface area is 110 Å². The van der Waals surface area contributed by atoms with Gasteiger partial charge in [-0.25, -0.2) is 0 Å². The molecule has 1 fully saturated rings. The second-order valence-electron chi connectivity index (χ2n) is 4.49. The predicted molar refractivity (Wildman–Crippen MR) is 68.9 cm³/mol. The van der Waals surface area contributed by atoms with Crippen LogP contribution in [0.25, 0.3) is 0 Å². The second-order valence-corrected chi connectivity index (χ2v) is 5.27. The molecule has 0 aliphatic carbocycles. The van der Waals surface area contributed by atoms with Crippen molar-refractivity contribution in [1.82, 2.24) is 15.0 Å². The summed E-state index contributed by atoms with van der Waals surface area (Å²) < 4.78 is 5.04. The normalized spacial score (nSPS) is 20.6. The molecule has 0 spiro atoms. The molecule has 5 nitrogen and oxygen atoms in total. The van der Waals surface area contributed by atoms with Gasteiger partial charge in [-0.05, 0) is 41.8 Å². The van der Waals surface area contributed by atoms with Gasteiger partial charge in [-0.15, -0.1) is 0 Å². The summed E-state index contributed by atoms with van der Waals surface area (Å²) in [4.78, 5) is 6.68. The van der Waals surface area contributed by atoms with Crippen molar-refractivity contribution < 1.29 is 4.52 Å². The quantitative estimate of drug-likeness (QED) is 0.913. The fraction of sp³-hybridized carbons (Fsp3) is 0.500. The van der Waals surface area contributed by atoms with Gasteiger partial charge in [-0.2, -0.15) is 16.3 Å². The highest BCUT2D eigenvalue weighted by molar-refractivity contribution is 7.07. The van der Waals surface area contributed by atoms with Gasteiger partial charge < -0.3 is 10.3 Å². The van der Waals surface area contributed by atoms with Gasteiger partial charge in [0.1, 0.15) is 0 Å². The molecule has 0 saturated carbocycles. The third kappa shape index (κ3) is 2.31. The molecule has 6 heteroatoms. The molecule has 1 atom stereocenters. The van der Waals surface area contributed by atoms with Crippen LogP contribution in [0.5, 0.6) is 0 Å². The van der Waals surface area contributed by atoms with E-state index in [9.17, 15) is 0 Å². The molecule has 18 heavy (non-hydrogen) atoms. The molecule has 1 aliphatic heterocycles. The molecular formula is C12H16N4OS. The SMILES string of the molecule is NCc1nc(CN2CCCC2c2ccsc2)no1. The van der Waals surface area contributed by atoms with Gasteiger partial charge >= 0.3 is 0 Å². The van der Waals surface area contributed by atoms with E-state index < -0.39 is 0 Å². The minimum atomic E-state index is 0.307. The van der Waals surface area contributed by atoms with Crippen molar-refractivity contribution >= 4 is 11.3 Å². The van der Waals surface area contributed by atoms with Crippen molar-refractivity contribution in [1.29, 1.82) is 0 Å². The van der Waals surface area contributed by atoms with Crippen LogP contribution in [0.4, 0.5) is 0 Å². The number of nitrogens with two attached hydrogens (primary N) is 1. The summed E-state index contributed by atoms with van der Waals surface area (Å²) in [7, 11) is 0. The maximum absolute atomic E-state index is 5.47. The molecule has 0 bridgehead atoms. The highest BCUT2D eigenvalue weighted by Gasteiger charge is 2.27. The number of aromatic nitrogens is 2. The van der Waals surface area contributed by atoms with Crippen LogP contribution in [0.2, 0.25) is 0 Å². The lowest BCUT2D eigenvalue weighted by Crippen LogP contribution is -2.23. The van der Waals surface area contributed by atoms with Crippen LogP contribution in [0.3, 0.4) is 0 Å². The number of hydrogen-bond acceptors (Lipinski definition) is 6. The average molecular weight is 264 g/mol. The first kappa shape index (κ1) is 11.8. The second kappa shape index (κ2) is 5.17. The first-order valence-electron chi connectivity index (χ1n) is 6.14. The molecule has 3 heterocycles. The van der Waals surface area contributed by atoms with Crippen molar-refractivity contribution in [3.05, 3.63) is 34.1 Å². The van der Waals surface area contributed by atoms with E-state index in [1.165, 1.54) is 18.4 Å². The molecule has 1 aliphatic rings. The summed E-state index contributed by atoms with van der Waals surface area (Å²) in [5, 5.41) is 8.32. The molecule has 0 aromatic carbocycles. The number of likely N-dealkylation sites (tertiary alicyclic amines) is 1. The van der Waals surface area contributed by atoms with Crippen molar-refractivity contribution in [3.63, 3.8) is 0 Å². The zero-order valence-corrected chi connectivity index (χ0v) is 10.9. The molecule has 2 aromatic heterocycles. The molecule has 0 amide bonds. The van der Waals surface area contributed by atoms with E-state index in [1.54, 1.807) is 11.3 Å². The molecule has 96 valence electrons. The first-order chi connectivity index (χ1) is 8.86.